The number of benzene rings is 1. The number of carbonyl (C=O) groups excluding carboxylic acids is 1. The number of aldehydes is 1. The Hall–Kier alpha value is -2.43. The molecule has 0 saturated heterocycles. The molecule has 1 heterocycles. The van der Waals surface area contributed by atoms with Gasteiger partial charge in [-0.15, -0.1) is 0 Å². The fourth-order valence-electron chi connectivity index (χ4n) is 1.74. The van der Waals surface area contributed by atoms with Gasteiger partial charge in [-0.25, -0.2) is 4.39 Å². The summed E-state index contributed by atoms with van der Waals surface area (Å²) in [6, 6.07) is 6.40. The maximum absolute atomic E-state index is 13.0. The molecule has 0 aliphatic rings. The second kappa shape index (κ2) is 6.65. The molecular weight excluding hydrogens is 261 g/mol. The predicted octanol–water partition coefficient (Wildman–Crippen LogP) is 3.01. The van der Waals surface area contributed by atoms with Gasteiger partial charge in [-0.3, -0.25) is 9.78 Å². The third-order valence-corrected chi connectivity index (χ3v) is 2.58. The number of carbonyl (C=O) groups is 1. The lowest BCUT2D eigenvalue weighted by Crippen LogP contribution is -2.03. The number of hydrogen-bond acceptors (Lipinski definition) is 4. The molecule has 0 atom stereocenters. The number of halogens is 1. The van der Waals surface area contributed by atoms with Crippen molar-refractivity contribution in [3.63, 3.8) is 0 Å². The summed E-state index contributed by atoms with van der Waals surface area (Å²) >= 11 is 0. The molecule has 5 heteroatoms. The van der Waals surface area contributed by atoms with Gasteiger partial charge in [0.2, 0.25) is 0 Å². The first kappa shape index (κ1) is 14.0. The first-order valence-corrected chi connectivity index (χ1v) is 6.17. The van der Waals surface area contributed by atoms with Gasteiger partial charge in [0.15, 0.2) is 17.8 Å². The molecule has 0 N–H and O–H groups in total. The van der Waals surface area contributed by atoms with Crippen molar-refractivity contribution in [2.75, 3.05) is 6.61 Å². The predicted molar refractivity (Wildman–Crippen MR) is 71.5 cm³/mol. The van der Waals surface area contributed by atoms with Crippen molar-refractivity contribution in [3.8, 4) is 11.5 Å². The normalized spacial score (nSPS) is 10.1. The molecule has 0 bridgehead atoms. The molecule has 2 rings (SSSR count). The largest absolute Gasteiger partial charge is 0.490 e. The molecule has 1 aromatic heterocycles. The number of aromatic nitrogens is 1. The van der Waals surface area contributed by atoms with Gasteiger partial charge in [0, 0.05) is 11.8 Å². The highest BCUT2D eigenvalue weighted by Gasteiger charge is 2.11. The number of pyridine rings is 1. The van der Waals surface area contributed by atoms with Crippen molar-refractivity contribution < 1.29 is 18.7 Å². The van der Waals surface area contributed by atoms with E-state index in [1.807, 2.05) is 6.92 Å². The molecule has 0 amide bonds. The number of para-hydroxylation sites is 1. The van der Waals surface area contributed by atoms with Crippen LogP contribution in [0.5, 0.6) is 11.5 Å². The van der Waals surface area contributed by atoms with E-state index in [9.17, 15) is 9.18 Å². The number of hydrogen-bond donors (Lipinski definition) is 0. The molecule has 0 unspecified atom stereocenters. The third-order valence-electron chi connectivity index (χ3n) is 2.58. The molecule has 0 aliphatic carbocycles. The average Bonchev–Trinajstić information content (AvgIpc) is 2.46. The van der Waals surface area contributed by atoms with E-state index in [-0.39, 0.29) is 6.61 Å². The van der Waals surface area contributed by atoms with Crippen LogP contribution in [0.2, 0.25) is 0 Å². The van der Waals surface area contributed by atoms with Crippen molar-refractivity contribution in [3.05, 3.63) is 53.6 Å². The summed E-state index contributed by atoms with van der Waals surface area (Å²) in [6.45, 7) is 2.41. The second-order valence-electron chi connectivity index (χ2n) is 4.03. The summed E-state index contributed by atoms with van der Waals surface area (Å²) in [6.07, 6.45) is 3.32. The van der Waals surface area contributed by atoms with Crippen LogP contribution in [0.1, 0.15) is 22.8 Å². The summed E-state index contributed by atoms with van der Waals surface area (Å²) in [7, 11) is 0. The molecule has 1 aromatic carbocycles. The highest BCUT2D eigenvalue weighted by Crippen LogP contribution is 2.31. The minimum absolute atomic E-state index is 0.107. The molecule has 0 radical (unpaired) electrons. The van der Waals surface area contributed by atoms with E-state index in [1.54, 1.807) is 18.2 Å². The van der Waals surface area contributed by atoms with E-state index >= 15 is 0 Å². The van der Waals surface area contributed by atoms with E-state index in [2.05, 4.69) is 4.98 Å². The van der Waals surface area contributed by atoms with Crippen LogP contribution in [0.3, 0.4) is 0 Å². The SMILES string of the molecule is CCOc1cccc(C=O)c1OCc1cncc(F)c1. The van der Waals surface area contributed by atoms with Gasteiger partial charge >= 0.3 is 0 Å². The Bertz CT molecular complexity index is 601. The van der Waals surface area contributed by atoms with Gasteiger partial charge in [-0.2, -0.15) is 0 Å². The van der Waals surface area contributed by atoms with E-state index in [1.165, 1.54) is 12.3 Å². The Kier molecular flexibility index (Phi) is 4.65. The summed E-state index contributed by atoms with van der Waals surface area (Å²) in [5, 5.41) is 0. The Balaban J connectivity index is 2.21. The van der Waals surface area contributed by atoms with Crippen molar-refractivity contribution >= 4 is 6.29 Å². The van der Waals surface area contributed by atoms with Gasteiger partial charge < -0.3 is 9.47 Å². The lowest BCUT2D eigenvalue weighted by molar-refractivity contribution is 0.111. The molecule has 104 valence electrons. The van der Waals surface area contributed by atoms with Crippen molar-refractivity contribution in [1.82, 2.24) is 4.98 Å². The topological polar surface area (TPSA) is 48.4 Å². The van der Waals surface area contributed by atoms with Gasteiger partial charge in [-0.1, -0.05) is 6.07 Å². The van der Waals surface area contributed by atoms with E-state index in [0.29, 0.717) is 35.5 Å². The smallest absolute Gasteiger partial charge is 0.172 e. The highest BCUT2D eigenvalue weighted by atomic mass is 19.1. The summed E-state index contributed by atoms with van der Waals surface area (Å²) in [5.74, 6) is 0.412. The zero-order valence-electron chi connectivity index (χ0n) is 11.0. The van der Waals surface area contributed by atoms with Crippen molar-refractivity contribution in [1.29, 1.82) is 0 Å². The van der Waals surface area contributed by atoms with Crippen LogP contribution < -0.4 is 9.47 Å². The molecule has 0 aliphatic heterocycles. The van der Waals surface area contributed by atoms with Crippen LogP contribution in [0.15, 0.2) is 36.7 Å². The number of rotatable bonds is 6. The maximum atomic E-state index is 13.0. The minimum Gasteiger partial charge on any atom is -0.490 e. The Morgan fingerprint density at radius 2 is 2.15 bits per heavy atom. The van der Waals surface area contributed by atoms with E-state index in [0.717, 1.165) is 6.20 Å². The number of ether oxygens (including phenoxy) is 2. The summed E-state index contributed by atoms with van der Waals surface area (Å²) < 4.78 is 24.0. The van der Waals surface area contributed by atoms with Crippen LogP contribution in [-0.2, 0) is 6.61 Å². The monoisotopic (exact) mass is 275 g/mol. The van der Waals surface area contributed by atoms with Crippen LogP contribution in [0.25, 0.3) is 0 Å². The minimum atomic E-state index is -0.431. The van der Waals surface area contributed by atoms with Crippen LogP contribution >= 0.6 is 0 Å². The standard InChI is InChI=1S/C15H14FNO3/c1-2-19-14-5-3-4-12(9-18)15(14)20-10-11-6-13(16)8-17-7-11/h3-9H,2,10H2,1H3. The summed E-state index contributed by atoms with van der Waals surface area (Å²) in [4.78, 5) is 14.8. The van der Waals surface area contributed by atoms with Gasteiger partial charge in [-0.05, 0) is 25.1 Å². The Morgan fingerprint density at radius 1 is 1.30 bits per heavy atom. The number of nitrogens with zero attached hydrogens (tertiary/aromatic N) is 1. The molecule has 0 saturated carbocycles. The quantitative estimate of drug-likeness (QED) is 0.760. The zero-order chi connectivity index (χ0) is 14.4. The van der Waals surface area contributed by atoms with Crippen molar-refractivity contribution in [2.24, 2.45) is 0 Å². The third kappa shape index (κ3) is 3.32. The van der Waals surface area contributed by atoms with E-state index in [4.69, 9.17) is 9.47 Å². The molecular formula is C15H14FNO3. The van der Waals surface area contributed by atoms with Gasteiger partial charge in [0.25, 0.3) is 0 Å². The second-order valence-corrected chi connectivity index (χ2v) is 4.03. The lowest BCUT2D eigenvalue weighted by Gasteiger charge is -2.13. The first-order chi connectivity index (χ1) is 9.74. The first-order valence-electron chi connectivity index (χ1n) is 6.17. The Labute approximate surface area is 116 Å². The summed E-state index contributed by atoms with van der Waals surface area (Å²) in [5.41, 5.74) is 0.966. The molecule has 0 spiro atoms. The molecule has 4 nitrogen and oxygen atoms in total. The van der Waals surface area contributed by atoms with E-state index < -0.39 is 5.82 Å². The van der Waals surface area contributed by atoms with Gasteiger partial charge in [0.1, 0.15) is 12.4 Å². The molecule has 0 fully saturated rings. The molecule has 20 heavy (non-hydrogen) atoms. The lowest BCUT2D eigenvalue weighted by atomic mass is 10.2. The Morgan fingerprint density at radius 3 is 2.85 bits per heavy atom. The fraction of sp³-hybridized carbons (Fsp3) is 0.200. The molecule has 2 aromatic rings. The maximum Gasteiger partial charge on any atom is 0.172 e. The van der Waals surface area contributed by atoms with Crippen LogP contribution in [0, 0.1) is 5.82 Å². The highest BCUT2D eigenvalue weighted by molar-refractivity contribution is 5.81. The van der Waals surface area contributed by atoms with Crippen LogP contribution in [-0.4, -0.2) is 17.9 Å². The fourth-order valence-corrected chi connectivity index (χ4v) is 1.74. The van der Waals surface area contributed by atoms with Crippen molar-refractivity contribution in [2.45, 2.75) is 13.5 Å². The van der Waals surface area contributed by atoms with Crippen LogP contribution in [0.4, 0.5) is 4.39 Å². The zero-order valence-corrected chi connectivity index (χ0v) is 11.0. The van der Waals surface area contributed by atoms with Gasteiger partial charge in [0.05, 0.1) is 18.4 Å². The average molecular weight is 275 g/mol.